The molecule has 2 aromatic carbocycles. The molecule has 4 nitrogen and oxygen atoms in total. The van der Waals surface area contributed by atoms with Crippen LogP contribution >= 0.6 is 0 Å². The third-order valence-electron chi connectivity index (χ3n) is 4.87. The lowest BCUT2D eigenvalue weighted by Crippen LogP contribution is -2.30. The van der Waals surface area contributed by atoms with Crippen molar-refractivity contribution in [2.75, 3.05) is 31.1 Å². The van der Waals surface area contributed by atoms with Crippen molar-refractivity contribution in [3.05, 3.63) is 64.7 Å². The second-order valence-corrected chi connectivity index (χ2v) is 6.76. The maximum atomic E-state index is 13.2. The van der Waals surface area contributed by atoms with E-state index in [-0.39, 0.29) is 5.56 Å². The maximum Gasteiger partial charge on any atom is 0.417 e. The number of rotatable bonds is 3. The SMILES string of the molecule is N#Cc1ccc(CN2CCCN(c3ccc(C#N)c(C(F)(F)F)c3)CC2)cc1. The molecule has 0 radical (unpaired) electrons. The van der Waals surface area contributed by atoms with Crippen LogP contribution < -0.4 is 4.90 Å². The van der Waals surface area contributed by atoms with Crippen LogP contribution in [0.3, 0.4) is 0 Å². The van der Waals surface area contributed by atoms with Crippen LogP contribution in [0.5, 0.6) is 0 Å². The molecule has 1 aliphatic heterocycles. The molecule has 0 bridgehead atoms. The van der Waals surface area contributed by atoms with Crippen LogP contribution in [-0.4, -0.2) is 31.1 Å². The highest BCUT2D eigenvalue weighted by Gasteiger charge is 2.34. The molecule has 0 atom stereocenters. The van der Waals surface area contributed by atoms with Crippen molar-refractivity contribution in [2.24, 2.45) is 0 Å². The molecule has 0 amide bonds. The number of hydrogen-bond donors (Lipinski definition) is 0. The van der Waals surface area contributed by atoms with Crippen molar-refractivity contribution < 1.29 is 13.2 Å². The number of halogens is 3. The van der Waals surface area contributed by atoms with Gasteiger partial charge in [-0.15, -0.1) is 0 Å². The Hall–Kier alpha value is -3.03. The van der Waals surface area contributed by atoms with Gasteiger partial charge in [0.1, 0.15) is 0 Å². The fraction of sp³-hybridized carbons (Fsp3) is 0.333. The zero-order valence-electron chi connectivity index (χ0n) is 15.2. The monoisotopic (exact) mass is 384 g/mol. The molecule has 1 saturated heterocycles. The smallest absolute Gasteiger partial charge is 0.370 e. The van der Waals surface area contributed by atoms with Crippen LogP contribution in [0, 0.1) is 22.7 Å². The highest BCUT2D eigenvalue weighted by atomic mass is 19.4. The normalized spacial score (nSPS) is 15.5. The average molecular weight is 384 g/mol. The second kappa shape index (κ2) is 8.33. The van der Waals surface area contributed by atoms with Gasteiger partial charge < -0.3 is 4.90 Å². The van der Waals surface area contributed by atoms with Gasteiger partial charge in [-0.25, -0.2) is 0 Å². The summed E-state index contributed by atoms with van der Waals surface area (Å²) in [6.45, 7) is 3.58. The van der Waals surface area contributed by atoms with Crippen molar-refractivity contribution in [1.82, 2.24) is 4.90 Å². The summed E-state index contributed by atoms with van der Waals surface area (Å²) in [6.07, 6.45) is -3.72. The molecular weight excluding hydrogens is 365 g/mol. The summed E-state index contributed by atoms with van der Waals surface area (Å²) < 4.78 is 39.7. The van der Waals surface area contributed by atoms with Crippen LogP contribution in [0.15, 0.2) is 42.5 Å². The maximum absolute atomic E-state index is 13.2. The Morgan fingerprint density at radius 2 is 1.64 bits per heavy atom. The summed E-state index contributed by atoms with van der Waals surface area (Å²) in [5.41, 5.74) is 0.975. The van der Waals surface area contributed by atoms with E-state index < -0.39 is 11.7 Å². The molecule has 7 heteroatoms. The fourth-order valence-electron chi connectivity index (χ4n) is 3.39. The summed E-state index contributed by atoms with van der Waals surface area (Å²) in [4.78, 5) is 4.20. The van der Waals surface area contributed by atoms with Gasteiger partial charge in [-0.05, 0) is 42.3 Å². The molecule has 0 spiro atoms. The standard InChI is InChI=1S/C21H19F3N4/c22-21(23,24)20-12-19(7-6-18(20)14-26)28-9-1-8-27(10-11-28)15-17-4-2-16(13-25)3-5-17/h2-7,12H,1,8-11,15H2. The topological polar surface area (TPSA) is 54.1 Å². The zero-order valence-corrected chi connectivity index (χ0v) is 15.2. The number of nitriles is 2. The molecular formula is C21H19F3N4. The van der Waals surface area contributed by atoms with Gasteiger partial charge in [0, 0.05) is 38.4 Å². The zero-order chi connectivity index (χ0) is 20.1. The lowest BCUT2D eigenvalue weighted by atomic mass is 10.1. The van der Waals surface area contributed by atoms with E-state index in [1.165, 1.54) is 6.07 Å². The molecule has 28 heavy (non-hydrogen) atoms. The summed E-state index contributed by atoms with van der Waals surface area (Å²) >= 11 is 0. The Kier molecular flexibility index (Phi) is 5.87. The van der Waals surface area contributed by atoms with Gasteiger partial charge in [-0.2, -0.15) is 23.7 Å². The lowest BCUT2D eigenvalue weighted by Gasteiger charge is -2.25. The number of alkyl halides is 3. The predicted molar refractivity (Wildman–Crippen MR) is 99.4 cm³/mol. The lowest BCUT2D eigenvalue weighted by molar-refractivity contribution is -0.137. The number of benzene rings is 2. The van der Waals surface area contributed by atoms with E-state index in [0.717, 1.165) is 37.7 Å². The summed E-state index contributed by atoms with van der Waals surface area (Å²) in [6, 6.07) is 15.1. The minimum Gasteiger partial charge on any atom is -0.370 e. The van der Waals surface area contributed by atoms with E-state index in [2.05, 4.69) is 11.0 Å². The first-order chi connectivity index (χ1) is 13.4. The first-order valence-electron chi connectivity index (χ1n) is 8.98. The van der Waals surface area contributed by atoms with Crippen LogP contribution in [0.25, 0.3) is 0 Å². The molecule has 1 fully saturated rings. The van der Waals surface area contributed by atoms with Crippen molar-refractivity contribution >= 4 is 5.69 Å². The average Bonchev–Trinajstić information content (AvgIpc) is 2.93. The van der Waals surface area contributed by atoms with Gasteiger partial charge in [0.05, 0.1) is 28.8 Å². The Labute approximate surface area is 162 Å². The van der Waals surface area contributed by atoms with Crippen molar-refractivity contribution in [1.29, 1.82) is 10.5 Å². The molecule has 1 aliphatic rings. The van der Waals surface area contributed by atoms with E-state index in [0.29, 0.717) is 24.3 Å². The molecule has 3 rings (SSSR count). The number of nitrogens with zero attached hydrogens (tertiary/aromatic N) is 4. The van der Waals surface area contributed by atoms with Crippen LogP contribution in [0.1, 0.15) is 28.7 Å². The Morgan fingerprint density at radius 1 is 0.893 bits per heavy atom. The second-order valence-electron chi connectivity index (χ2n) is 6.76. The molecule has 0 aliphatic carbocycles. The molecule has 0 saturated carbocycles. The molecule has 1 heterocycles. The Morgan fingerprint density at radius 3 is 2.29 bits per heavy atom. The first-order valence-corrected chi connectivity index (χ1v) is 8.98. The third-order valence-corrected chi connectivity index (χ3v) is 4.87. The van der Waals surface area contributed by atoms with Gasteiger partial charge in [0.15, 0.2) is 0 Å². The number of anilines is 1. The summed E-state index contributed by atoms with van der Waals surface area (Å²) in [7, 11) is 0. The summed E-state index contributed by atoms with van der Waals surface area (Å²) in [5, 5.41) is 17.8. The van der Waals surface area contributed by atoms with Crippen molar-refractivity contribution in [3.63, 3.8) is 0 Å². The minimum atomic E-state index is -4.55. The molecule has 0 unspecified atom stereocenters. The van der Waals surface area contributed by atoms with E-state index in [9.17, 15) is 13.2 Å². The van der Waals surface area contributed by atoms with Gasteiger partial charge in [-0.1, -0.05) is 12.1 Å². The number of hydrogen-bond acceptors (Lipinski definition) is 4. The van der Waals surface area contributed by atoms with Crippen LogP contribution in [0.2, 0.25) is 0 Å². The first kappa shape index (κ1) is 19.7. The Bertz CT molecular complexity index is 907. The molecule has 144 valence electrons. The van der Waals surface area contributed by atoms with E-state index in [1.54, 1.807) is 24.3 Å². The quantitative estimate of drug-likeness (QED) is 0.797. The predicted octanol–water partition coefficient (Wildman–Crippen LogP) is 4.16. The fourth-order valence-corrected chi connectivity index (χ4v) is 3.39. The van der Waals surface area contributed by atoms with E-state index >= 15 is 0 Å². The van der Waals surface area contributed by atoms with Gasteiger partial charge in [0.25, 0.3) is 0 Å². The summed E-state index contributed by atoms with van der Waals surface area (Å²) in [5.74, 6) is 0. The van der Waals surface area contributed by atoms with Crippen LogP contribution in [-0.2, 0) is 12.7 Å². The minimum absolute atomic E-state index is 0.353. The van der Waals surface area contributed by atoms with Crippen molar-refractivity contribution in [2.45, 2.75) is 19.1 Å². The van der Waals surface area contributed by atoms with E-state index in [4.69, 9.17) is 10.5 Å². The van der Waals surface area contributed by atoms with Gasteiger partial charge in [-0.3, -0.25) is 4.90 Å². The largest absolute Gasteiger partial charge is 0.417 e. The molecule has 0 aromatic heterocycles. The van der Waals surface area contributed by atoms with Crippen molar-refractivity contribution in [3.8, 4) is 12.1 Å². The third kappa shape index (κ3) is 4.62. The molecule has 0 N–H and O–H groups in total. The highest BCUT2D eigenvalue weighted by Crippen LogP contribution is 2.34. The van der Waals surface area contributed by atoms with Gasteiger partial charge in [0.2, 0.25) is 0 Å². The van der Waals surface area contributed by atoms with E-state index in [1.807, 2.05) is 17.0 Å². The Balaban J connectivity index is 1.70. The van der Waals surface area contributed by atoms with Gasteiger partial charge >= 0.3 is 6.18 Å². The highest BCUT2D eigenvalue weighted by molar-refractivity contribution is 5.55. The van der Waals surface area contributed by atoms with Crippen LogP contribution in [0.4, 0.5) is 18.9 Å². The molecule has 2 aromatic rings.